The van der Waals surface area contributed by atoms with Gasteiger partial charge in [0.1, 0.15) is 5.82 Å². The molecule has 0 spiro atoms. The summed E-state index contributed by atoms with van der Waals surface area (Å²) in [4.78, 5) is 8.06. The molecule has 1 aromatic heterocycles. The Morgan fingerprint density at radius 2 is 2.14 bits per heavy atom. The van der Waals surface area contributed by atoms with Gasteiger partial charge in [-0.25, -0.2) is 4.98 Å². The Bertz CT molecular complexity index is 479. The Morgan fingerprint density at radius 1 is 1.43 bits per heavy atom. The first-order valence-corrected chi connectivity index (χ1v) is 6.97. The summed E-state index contributed by atoms with van der Waals surface area (Å²) in [6, 6.07) is 2.13. The van der Waals surface area contributed by atoms with Gasteiger partial charge in [0.05, 0.1) is 11.7 Å². The number of piperazine rings is 1. The second-order valence-corrected chi connectivity index (χ2v) is 5.55. The highest BCUT2D eigenvalue weighted by Crippen LogP contribution is 2.31. The Morgan fingerprint density at radius 3 is 2.71 bits per heavy atom. The fourth-order valence-electron chi connectivity index (χ4n) is 2.66. The summed E-state index contributed by atoms with van der Waals surface area (Å²) in [5.74, 6) is 0.356. The van der Waals surface area contributed by atoms with E-state index in [1.165, 1.54) is 6.20 Å². The van der Waals surface area contributed by atoms with E-state index in [9.17, 15) is 18.3 Å². The van der Waals surface area contributed by atoms with Crippen molar-refractivity contribution in [2.24, 2.45) is 0 Å². The summed E-state index contributed by atoms with van der Waals surface area (Å²) in [6.45, 7) is 6.26. The van der Waals surface area contributed by atoms with Crippen molar-refractivity contribution in [2.45, 2.75) is 32.2 Å². The SMILES string of the molecule is C[C@H](O)CN1CCN(c2cc(C(F)(F)F)ccn2)[C@H](C)C1. The van der Waals surface area contributed by atoms with Gasteiger partial charge in [-0.05, 0) is 26.0 Å². The summed E-state index contributed by atoms with van der Waals surface area (Å²) >= 11 is 0. The van der Waals surface area contributed by atoms with Crippen molar-refractivity contribution in [1.29, 1.82) is 0 Å². The topological polar surface area (TPSA) is 39.6 Å². The van der Waals surface area contributed by atoms with Gasteiger partial charge in [0.15, 0.2) is 0 Å². The van der Waals surface area contributed by atoms with Crippen LogP contribution in [-0.4, -0.2) is 53.3 Å². The largest absolute Gasteiger partial charge is 0.416 e. The zero-order valence-electron chi connectivity index (χ0n) is 12.1. The zero-order chi connectivity index (χ0) is 15.6. The Kier molecular flexibility index (Phi) is 4.73. The molecule has 0 bridgehead atoms. The second-order valence-electron chi connectivity index (χ2n) is 5.55. The van der Waals surface area contributed by atoms with Gasteiger partial charge >= 0.3 is 6.18 Å². The first-order chi connectivity index (χ1) is 9.77. The smallest absolute Gasteiger partial charge is 0.392 e. The second kappa shape index (κ2) is 6.19. The van der Waals surface area contributed by atoms with Crippen LogP contribution in [0.5, 0.6) is 0 Å². The van der Waals surface area contributed by atoms with E-state index in [-0.39, 0.29) is 6.04 Å². The first kappa shape index (κ1) is 16.0. The van der Waals surface area contributed by atoms with E-state index in [2.05, 4.69) is 9.88 Å². The van der Waals surface area contributed by atoms with Crippen LogP contribution in [0.1, 0.15) is 19.4 Å². The predicted molar refractivity (Wildman–Crippen MR) is 74.2 cm³/mol. The first-order valence-electron chi connectivity index (χ1n) is 6.97. The maximum Gasteiger partial charge on any atom is 0.416 e. The van der Waals surface area contributed by atoms with Gasteiger partial charge in [-0.1, -0.05) is 0 Å². The third kappa shape index (κ3) is 4.07. The molecule has 21 heavy (non-hydrogen) atoms. The molecule has 1 aliphatic heterocycles. The van der Waals surface area contributed by atoms with E-state index in [4.69, 9.17) is 0 Å². The maximum atomic E-state index is 12.8. The molecule has 0 saturated carbocycles. The molecule has 0 unspecified atom stereocenters. The number of β-amino-alcohol motifs (C(OH)–C–C–N with tert-alkyl or cyclic N) is 1. The quantitative estimate of drug-likeness (QED) is 0.927. The molecule has 1 aliphatic rings. The number of aliphatic hydroxyl groups is 1. The summed E-state index contributed by atoms with van der Waals surface area (Å²) in [5.41, 5.74) is -0.675. The highest BCUT2D eigenvalue weighted by molar-refractivity contribution is 5.43. The van der Waals surface area contributed by atoms with Crippen LogP contribution in [0.4, 0.5) is 19.0 Å². The Hall–Kier alpha value is -1.34. The van der Waals surface area contributed by atoms with Crippen molar-refractivity contribution in [3.63, 3.8) is 0 Å². The highest BCUT2D eigenvalue weighted by Gasteiger charge is 2.32. The normalized spacial score (nSPS) is 22.4. The minimum absolute atomic E-state index is 0.0495. The Balaban J connectivity index is 2.10. The van der Waals surface area contributed by atoms with Crippen molar-refractivity contribution in [2.75, 3.05) is 31.1 Å². The van der Waals surface area contributed by atoms with Crippen LogP contribution in [0.25, 0.3) is 0 Å². The van der Waals surface area contributed by atoms with Gasteiger partial charge in [-0.3, -0.25) is 4.90 Å². The number of anilines is 1. The molecular weight excluding hydrogens is 283 g/mol. The van der Waals surface area contributed by atoms with E-state index in [0.29, 0.717) is 32.0 Å². The van der Waals surface area contributed by atoms with Crippen molar-refractivity contribution >= 4 is 5.82 Å². The molecule has 1 fully saturated rings. The highest BCUT2D eigenvalue weighted by atomic mass is 19.4. The summed E-state index contributed by atoms with van der Waals surface area (Å²) < 4.78 is 38.3. The van der Waals surface area contributed by atoms with Gasteiger partial charge < -0.3 is 10.0 Å². The number of nitrogens with zero attached hydrogens (tertiary/aromatic N) is 3. The lowest BCUT2D eigenvalue weighted by molar-refractivity contribution is -0.137. The van der Waals surface area contributed by atoms with Crippen molar-refractivity contribution in [1.82, 2.24) is 9.88 Å². The molecule has 2 atom stereocenters. The monoisotopic (exact) mass is 303 g/mol. The molecule has 2 rings (SSSR count). The minimum atomic E-state index is -4.35. The average Bonchev–Trinajstić information content (AvgIpc) is 2.37. The van der Waals surface area contributed by atoms with Crippen LogP contribution in [0.3, 0.4) is 0 Å². The molecule has 0 aliphatic carbocycles. The zero-order valence-corrected chi connectivity index (χ0v) is 12.1. The number of aromatic nitrogens is 1. The van der Waals surface area contributed by atoms with Crippen molar-refractivity contribution < 1.29 is 18.3 Å². The van der Waals surface area contributed by atoms with Crippen LogP contribution >= 0.6 is 0 Å². The number of rotatable bonds is 3. The minimum Gasteiger partial charge on any atom is -0.392 e. The van der Waals surface area contributed by atoms with Gasteiger partial charge in [-0.2, -0.15) is 13.2 Å². The number of halogens is 3. The molecular formula is C14H20F3N3O. The lowest BCUT2D eigenvalue weighted by atomic mass is 10.1. The molecule has 1 N–H and O–H groups in total. The predicted octanol–water partition coefficient (Wildman–Crippen LogP) is 1.99. The fourth-order valence-corrected chi connectivity index (χ4v) is 2.66. The maximum absolute atomic E-state index is 12.8. The molecule has 118 valence electrons. The molecule has 2 heterocycles. The van der Waals surface area contributed by atoms with Crippen LogP contribution < -0.4 is 4.90 Å². The van der Waals surface area contributed by atoms with Crippen molar-refractivity contribution in [3.8, 4) is 0 Å². The molecule has 0 amide bonds. The lowest BCUT2D eigenvalue weighted by Gasteiger charge is -2.41. The molecule has 7 heteroatoms. The number of pyridine rings is 1. The molecule has 1 saturated heterocycles. The van der Waals surface area contributed by atoms with Crippen LogP contribution in [-0.2, 0) is 6.18 Å². The average molecular weight is 303 g/mol. The van der Waals surface area contributed by atoms with Gasteiger partial charge in [0.2, 0.25) is 0 Å². The number of hydrogen-bond donors (Lipinski definition) is 1. The van der Waals surface area contributed by atoms with E-state index in [0.717, 1.165) is 12.1 Å². The number of hydrogen-bond acceptors (Lipinski definition) is 4. The third-order valence-corrected chi connectivity index (χ3v) is 3.60. The van der Waals surface area contributed by atoms with E-state index >= 15 is 0 Å². The standard InChI is InChI=1S/C14H20F3N3O/c1-10-8-19(9-11(2)21)5-6-20(10)13-7-12(3-4-18-13)14(15,16)17/h3-4,7,10-11,21H,5-6,8-9H2,1-2H3/t10-,11+/m1/s1. The molecule has 0 aromatic carbocycles. The lowest BCUT2D eigenvalue weighted by Crippen LogP contribution is -2.53. The third-order valence-electron chi connectivity index (χ3n) is 3.60. The van der Waals surface area contributed by atoms with Crippen LogP contribution in [0.15, 0.2) is 18.3 Å². The molecule has 4 nitrogen and oxygen atoms in total. The van der Waals surface area contributed by atoms with Gasteiger partial charge in [0.25, 0.3) is 0 Å². The number of alkyl halides is 3. The summed E-state index contributed by atoms with van der Waals surface area (Å²) in [5, 5.41) is 9.41. The van der Waals surface area contributed by atoms with Crippen molar-refractivity contribution in [3.05, 3.63) is 23.9 Å². The van der Waals surface area contributed by atoms with Gasteiger partial charge in [0, 0.05) is 38.4 Å². The van der Waals surface area contributed by atoms with E-state index in [1.807, 2.05) is 11.8 Å². The number of aliphatic hydroxyl groups excluding tert-OH is 1. The van der Waals surface area contributed by atoms with Gasteiger partial charge in [-0.15, -0.1) is 0 Å². The fraction of sp³-hybridized carbons (Fsp3) is 0.643. The summed E-state index contributed by atoms with van der Waals surface area (Å²) in [6.07, 6.45) is -3.56. The Labute approximate surface area is 122 Å². The van der Waals surface area contributed by atoms with E-state index in [1.54, 1.807) is 6.92 Å². The van der Waals surface area contributed by atoms with E-state index < -0.39 is 17.8 Å². The summed E-state index contributed by atoms with van der Waals surface area (Å²) in [7, 11) is 0. The molecule has 0 radical (unpaired) electrons. The van der Waals surface area contributed by atoms with Crippen LogP contribution in [0, 0.1) is 0 Å². The molecule has 1 aromatic rings. The van der Waals surface area contributed by atoms with Crippen LogP contribution in [0.2, 0.25) is 0 Å².